The van der Waals surface area contributed by atoms with Crippen LogP contribution in [0, 0.1) is 0 Å². The molecule has 0 aromatic heterocycles. The van der Waals surface area contributed by atoms with E-state index >= 15 is 0 Å². The van der Waals surface area contributed by atoms with Crippen LogP contribution in [0.3, 0.4) is 0 Å². The number of alkyl halides is 1. The number of anilines is 1. The molecule has 0 N–H and O–H groups in total. The number of nitrogens with zero attached hydrogens (tertiary/aromatic N) is 1. The molecule has 0 aliphatic rings. The van der Waals surface area contributed by atoms with E-state index in [2.05, 4.69) is 30.9 Å². The largest absolute Gasteiger partial charge is 0.492 e. The van der Waals surface area contributed by atoms with Crippen molar-refractivity contribution in [1.29, 1.82) is 0 Å². The first-order valence-electron chi connectivity index (χ1n) is 5.83. The Hall–Kier alpha value is -0.890. The average Bonchev–Trinajstić information content (AvgIpc) is 2.32. The number of hydrogen-bond donors (Lipinski definition) is 0. The highest BCUT2D eigenvalue weighted by Gasteiger charge is 2.09. The van der Waals surface area contributed by atoms with Crippen LogP contribution in [-0.2, 0) is 5.88 Å². The third-order valence-electron chi connectivity index (χ3n) is 2.58. The van der Waals surface area contributed by atoms with Gasteiger partial charge >= 0.3 is 0 Å². The number of hydrogen-bond acceptors (Lipinski definition) is 2. The van der Waals surface area contributed by atoms with Crippen LogP contribution in [0.4, 0.5) is 5.69 Å². The SMILES string of the molecule is CCOc1cc(CCl)ccc1N(CC)CC. The molecule has 0 spiro atoms. The van der Waals surface area contributed by atoms with E-state index in [4.69, 9.17) is 16.3 Å². The van der Waals surface area contributed by atoms with E-state index in [0.717, 1.165) is 30.1 Å². The first-order chi connectivity index (χ1) is 7.76. The molecule has 0 unspecified atom stereocenters. The molecule has 0 aliphatic carbocycles. The molecular weight excluding hydrogens is 222 g/mol. The van der Waals surface area contributed by atoms with Crippen molar-refractivity contribution in [1.82, 2.24) is 0 Å². The van der Waals surface area contributed by atoms with Crippen molar-refractivity contribution < 1.29 is 4.74 Å². The molecule has 90 valence electrons. The smallest absolute Gasteiger partial charge is 0.142 e. The molecule has 0 amide bonds. The van der Waals surface area contributed by atoms with Crippen LogP contribution in [0.5, 0.6) is 5.75 Å². The minimum Gasteiger partial charge on any atom is -0.492 e. The lowest BCUT2D eigenvalue weighted by Crippen LogP contribution is -2.22. The number of halogens is 1. The Kier molecular flexibility index (Phi) is 5.47. The summed E-state index contributed by atoms with van der Waals surface area (Å²) >= 11 is 5.83. The predicted molar refractivity (Wildman–Crippen MR) is 70.7 cm³/mol. The van der Waals surface area contributed by atoms with Gasteiger partial charge in [0.25, 0.3) is 0 Å². The summed E-state index contributed by atoms with van der Waals surface area (Å²) in [4.78, 5) is 2.28. The third kappa shape index (κ3) is 3.05. The molecule has 0 saturated heterocycles. The van der Waals surface area contributed by atoms with Crippen LogP contribution in [0.25, 0.3) is 0 Å². The van der Waals surface area contributed by atoms with E-state index < -0.39 is 0 Å². The lowest BCUT2D eigenvalue weighted by Gasteiger charge is -2.24. The Bertz CT molecular complexity index is 324. The summed E-state index contributed by atoms with van der Waals surface area (Å²) in [5.74, 6) is 1.46. The molecule has 1 rings (SSSR count). The van der Waals surface area contributed by atoms with E-state index in [9.17, 15) is 0 Å². The molecule has 1 aromatic carbocycles. The zero-order valence-corrected chi connectivity index (χ0v) is 11.0. The second-order valence-corrected chi connectivity index (χ2v) is 3.81. The van der Waals surface area contributed by atoms with Crippen LogP contribution in [0.15, 0.2) is 18.2 Å². The fraction of sp³-hybridized carbons (Fsp3) is 0.538. The number of ether oxygens (including phenoxy) is 1. The van der Waals surface area contributed by atoms with Gasteiger partial charge in [-0.05, 0) is 38.5 Å². The van der Waals surface area contributed by atoms with Crippen molar-refractivity contribution in [3.8, 4) is 5.75 Å². The monoisotopic (exact) mass is 241 g/mol. The van der Waals surface area contributed by atoms with Gasteiger partial charge in [0.05, 0.1) is 12.3 Å². The van der Waals surface area contributed by atoms with Gasteiger partial charge in [-0.25, -0.2) is 0 Å². The van der Waals surface area contributed by atoms with Crippen LogP contribution in [-0.4, -0.2) is 19.7 Å². The van der Waals surface area contributed by atoms with Gasteiger partial charge in [0.2, 0.25) is 0 Å². The van der Waals surface area contributed by atoms with E-state index in [0.29, 0.717) is 12.5 Å². The summed E-state index contributed by atoms with van der Waals surface area (Å²) < 4.78 is 5.66. The Morgan fingerprint density at radius 3 is 2.38 bits per heavy atom. The Morgan fingerprint density at radius 2 is 1.88 bits per heavy atom. The maximum atomic E-state index is 5.83. The Labute approximate surface area is 103 Å². The van der Waals surface area contributed by atoms with Gasteiger partial charge in [-0.2, -0.15) is 0 Å². The fourth-order valence-corrected chi connectivity index (χ4v) is 1.90. The van der Waals surface area contributed by atoms with Crippen molar-refractivity contribution in [3.63, 3.8) is 0 Å². The Balaban J connectivity index is 3.05. The van der Waals surface area contributed by atoms with Gasteiger partial charge in [-0.15, -0.1) is 11.6 Å². The van der Waals surface area contributed by atoms with Gasteiger partial charge in [0.1, 0.15) is 5.75 Å². The van der Waals surface area contributed by atoms with Crippen molar-refractivity contribution in [2.45, 2.75) is 26.7 Å². The topological polar surface area (TPSA) is 12.5 Å². The molecule has 0 bridgehead atoms. The molecule has 0 atom stereocenters. The van der Waals surface area contributed by atoms with Crippen molar-refractivity contribution in [2.75, 3.05) is 24.6 Å². The minimum absolute atomic E-state index is 0.526. The molecule has 0 saturated carbocycles. The van der Waals surface area contributed by atoms with Crippen LogP contribution < -0.4 is 9.64 Å². The molecule has 1 aromatic rings. The van der Waals surface area contributed by atoms with Gasteiger partial charge in [-0.3, -0.25) is 0 Å². The highest BCUT2D eigenvalue weighted by molar-refractivity contribution is 6.17. The normalized spacial score (nSPS) is 10.2. The summed E-state index contributed by atoms with van der Waals surface area (Å²) in [5, 5.41) is 0. The van der Waals surface area contributed by atoms with E-state index in [-0.39, 0.29) is 0 Å². The predicted octanol–water partition coefficient (Wildman–Crippen LogP) is 3.67. The summed E-state index contributed by atoms with van der Waals surface area (Å²) in [6.07, 6.45) is 0. The molecule has 3 heteroatoms. The molecule has 0 radical (unpaired) electrons. The summed E-state index contributed by atoms with van der Waals surface area (Å²) in [6.45, 7) is 8.94. The maximum Gasteiger partial charge on any atom is 0.142 e. The molecule has 0 aliphatic heterocycles. The minimum atomic E-state index is 0.526. The van der Waals surface area contributed by atoms with Gasteiger partial charge in [0.15, 0.2) is 0 Å². The summed E-state index contributed by atoms with van der Waals surface area (Å²) in [7, 11) is 0. The van der Waals surface area contributed by atoms with E-state index in [1.165, 1.54) is 0 Å². The molecule has 0 fully saturated rings. The van der Waals surface area contributed by atoms with Gasteiger partial charge in [0, 0.05) is 19.0 Å². The molecule has 2 nitrogen and oxygen atoms in total. The first kappa shape index (κ1) is 13.2. The second-order valence-electron chi connectivity index (χ2n) is 3.54. The Morgan fingerprint density at radius 1 is 1.19 bits per heavy atom. The van der Waals surface area contributed by atoms with E-state index in [1.807, 2.05) is 13.0 Å². The van der Waals surface area contributed by atoms with Crippen molar-refractivity contribution in [3.05, 3.63) is 23.8 Å². The first-order valence-corrected chi connectivity index (χ1v) is 6.36. The molecule has 16 heavy (non-hydrogen) atoms. The second kappa shape index (κ2) is 6.64. The lowest BCUT2D eigenvalue weighted by molar-refractivity contribution is 0.340. The van der Waals surface area contributed by atoms with Crippen LogP contribution >= 0.6 is 11.6 Å². The van der Waals surface area contributed by atoms with E-state index in [1.54, 1.807) is 0 Å². The summed E-state index contributed by atoms with van der Waals surface area (Å²) in [6, 6.07) is 6.18. The quantitative estimate of drug-likeness (QED) is 0.705. The molecule has 0 heterocycles. The maximum absolute atomic E-state index is 5.83. The highest BCUT2D eigenvalue weighted by atomic mass is 35.5. The molecular formula is C13H20ClNO. The zero-order chi connectivity index (χ0) is 12.0. The lowest BCUT2D eigenvalue weighted by atomic mass is 10.2. The van der Waals surface area contributed by atoms with Gasteiger partial charge < -0.3 is 9.64 Å². The number of rotatable bonds is 6. The van der Waals surface area contributed by atoms with Crippen LogP contribution in [0.2, 0.25) is 0 Å². The van der Waals surface area contributed by atoms with Gasteiger partial charge in [-0.1, -0.05) is 6.07 Å². The third-order valence-corrected chi connectivity index (χ3v) is 2.89. The standard InChI is InChI=1S/C13H20ClNO/c1-4-15(5-2)12-8-7-11(10-14)9-13(12)16-6-3/h7-9H,4-6,10H2,1-3H3. The number of benzene rings is 1. The zero-order valence-electron chi connectivity index (χ0n) is 10.3. The summed E-state index contributed by atoms with van der Waals surface area (Å²) in [5.41, 5.74) is 2.25. The fourth-order valence-electron chi connectivity index (χ4n) is 1.74. The van der Waals surface area contributed by atoms with Crippen molar-refractivity contribution >= 4 is 17.3 Å². The van der Waals surface area contributed by atoms with Crippen molar-refractivity contribution in [2.24, 2.45) is 0 Å². The average molecular weight is 242 g/mol. The highest BCUT2D eigenvalue weighted by Crippen LogP contribution is 2.30. The van der Waals surface area contributed by atoms with Crippen LogP contribution in [0.1, 0.15) is 26.3 Å².